The molecule has 0 fully saturated rings. The second-order valence-corrected chi connectivity index (χ2v) is 2.08. The molecule has 0 aliphatic carbocycles. The van der Waals surface area contributed by atoms with E-state index in [-0.39, 0.29) is 5.91 Å². The van der Waals surface area contributed by atoms with E-state index in [9.17, 15) is 4.79 Å². The van der Waals surface area contributed by atoms with Gasteiger partial charge >= 0.3 is 0 Å². The van der Waals surface area contributed by atoms with E-state index in [1.54, 1.807) is 6.20 Å². The minimum absolute atomic E-state index is 0.0996. The maximum atomic E-state index is 10.9. The van der Waals surface area contributed by atoms with Crippen LogP contribution in [0.5, 0.6) is 0 Å². The minimum atomic E-state index is -0.0996. The van der Waals surface area contributed by atoms with Gasteiger partial charge in [-0.25, -0.2) is 9.97 Å². The van der Waals surface area contributed by atoms with Gasteiger partial charge < -0.3 is 5.32 Å². The molecule has 0 bridgehead atoms. The number of rotatable bonds is 0. The van der Waals surface area contributed by atoms with Crippen molar-refractivity contribution in [1.29, 1.82) is 0 Å². The average Bonchev–Trinajstić information content (AvgIpc) is 2.34. The highest BCUT2D eigenvalue weighted by Gasteiger charge is 2.18. The summed E-state index contributed by atoms with van der Waals surface area (Å²) in [4.78, 5) is 18.5. The third-order valence-electron chi connectivity index (χ3n) is 1.44. The molecular weight excluding hydrogens is 130 g/mol. The lowest BCUT2D eigenvalue weighted by Crippen LogP contribution is -2.13. The largest absolute Gasteiger partial charge is 0.346 e. The van der Waals surface area contributed by atoms with Crippen LogP contribution in [0.3, 0.4) is 0 Å². The van der Waals surface area contributed by atoms with E-state index in [0.717, 1.165) is 5.56 Å². The minimum Gasteiger partial charge on any atom is -0.346 e. The molecule has 0 radical (unpaired) electrons. The molecule has 4 heteroatoms. The van der Waals surface area contributed by atoms with Crippen LogP contribution >= 0.6 is 0 Å². The van der Waals surface area contributed by atoms with Gasteiger partial charge in [0, 0.05) is 18.3 Å². The lowest BCUT2D eigenvalue weighted by Gasteiger charge is -1.88. The smallest absolute Gasteiger partial charge is 0.270 e. The predicted octanol–water partition coefficient (Wildman–Crippen LogP) is -0.280. The molecule has 10 heavy (non-hydrogen) atoms. The molecule has 0 atom stereocenters. The number of carbonyl (C=O) groups excluding carboxylic acids is 1. The van der Waals surface area contributed by atoms with Crippen LogP contribution in [0.4, 0.5) is 0 Å². The van der Waals surface area contributed by atoms with Gasteiger partial charge in [0.1, 0.15) is 12.0 Å². The Morgan fingerprint density at radius 1 is 1.60 bits per heavy atom. The number of hydrogen-bond acceptors (Lipinski definition) is 3. The second kappa shape index (κ2) is 1.76. The van der Waals surface area contributed by atoms with Crippen LogP contribution in [0, 0.1) is 0 Å². The van der Waals surface area contributed by atoms with Crippen LogP contribution < -0.4 is 5.32 Å². The Hall–Kier alpha value is -1.45. The van der Waals surface area contributed by atoms with E-state index in [1.165, 1.54) is 6.33 Å². The highest BCUT2D eigenvalue weighted by molar-refractivity contribution is 5.96. The first kappa shape index (κ1) is 5.34. The maximum absolute atomic E-state index is 10.9. The van der Waals surface area contributed by atoms with Crippen LogP contribution in [0.15, 0.2) is 12.5 Å². The number of fused-ring (bicyclic) bond motifs is 1. The molecule has 0 spiro atoms. The Morgan fingerprint density at radius 2 is 2.50 bits per heavy atom. The summed E-state index contributed by atoms with van der Waals surface area (Å²) in [5, 5.41) is 2.64. The zero-order valence-corrected chi connectivity index (χ0v) is 5.16. The van der Waals surface area contributed by atoms with Crippen molar-refractivity contribution in [3.63, 3.8) is 0 Å². The lowest BCUT2D eigenvalue weighted by atomic mass is 10.3. The van der Waals surface area contributed by atoms with Crippen LogP contribution in [-0.4, -0.2) is 15.9 Å². The van der Waals surface area contributed by atoms with Crippen molar-refractivity contribution in [2.75, 3.05) is 0 Å². The molecule has 2 heterocycles. The standard InChI is InChI=1S/C6H5N3O/c10-6-5-4(2-8-6)1-7-3-9-5/h1,3H,2H2,(H,8,10). The van der Waals surface area contributed by atoms with Gasteiger partial charge in [0.15, 0.2) is 0 Å². The van der Waals surface area contributed by atoms with Crippen molar-refractivity contribution >= 4 is 5.91 Å². The summed E-state index contributed by atoms with van der Waals surface area (Å²) >= 11 is 0. The Bertz CT molecular complexity index is 284. The van der Waals surface area contributed by atoms with Crippen molar-refractivity contribution in [2.24, 2.45) is 0 Å². The summed E-state index contributed by atoms with van der Waals surface area (Å²) in [5.74, 6) is -0.0996. The fourth-order valence-corrected chi connectivity index (χ4v) is 0.951. The molecule has 2 rings (SSSR count). The molecular formula is C6H5N3O. The molecule has 0 saturated heterocycles. The zero-order valence-electron chi connectivity index (χ0n) is 5.16. The van der Waals surface area contributed by atoms with Gasteiger partial charge in [-0.05, 0) is 0 Å². The van der Waals surface area contributed by atoms with E-state index < -0.39 is 0 Å². The summed E-state index contributed by atoms with van der Waals surface area (Å²) in [5.41, 5.74) is 1.39. The number of aromatic nitrogens is 2. The fraction of sp³-hybridized carbons (Fsp3) is 0.167. The third kappa shape index (κ3) is 0.586. The van der Waals surface area contributed by atoms with Gasteiger partial charge in [-0.1, -0.05) is 0 Å². The average molecular weight is 135 g/mol. The Kier molecular flexibility index (Phi) is 0.943. The Labute approximate surface area is 57.3 Å². The Balaban J connectivity index is 2.61. The molecule has 50 valence electrons. The molecule has 1 aliphatic rings. The second-order valence-electron chi connectivity index (χ2n) is 2.08. The van der Waals surface area contributed by atoms with E-state index >= 15 is 0 Å². The fourth-order valence-electron chi connectivity index (χ4n) is 0.951. The molecule has 0 unspecified atom stereocenters. The normalized spacial score (nSPS) is 14.6. The molecule has 0 saturated carbocycles. The van der Waals surface area contributed by atoms with Gasteiger partial charge in [-0.2, -0.15) is 0 Å². The topological polar surface area (TPSA) is 54.9 Å². The number of amides is 1. The van der Waals surface area contributed by atoms with Gasteiger partial charge in [0.2, 0.25) is 0 Å². The maximum Gasteiger partial charge on any atom is 0.270 e. The first-order valence-electron chi connectivity index (χ1n) is 2.95. The van der Waals surface area contributed by atoms with Crippen LogP contribution in [0.2, 0.25) is 0 Å². The van der Waals surface area contributed by atoms with E-state index in [0.29, 0.717) is 12.2 Å². The summed E-state index contributed by atoms with van der Waals surface area (Å²) in [6.45, 7) is 0.564. The number of nitrogens with one attached hydrogen (secondary N) is 1. The SMILES string of the molecule is O=C1NCc2cncnc21. The quantitative estimate of drug-likeness (QED) is 0.532. The molecule has 4 nitrogen and oxygen atoms in total. The van der Waals surface area contributed by atoms with Crippen LogP contribution in [0.1, 0.15) is 16.1 Å². The lowest BCUT2D eigenvalue weighted by molar-refractivity contribution is 0.0961. The van der Waals surface area contributed by atoms with Crippen molar-refractivity contribution in [2.45, 2.75) is 6.54 Å². The van der Waals surface area contributed by atoms with Gasteiger partial charge in [-0.15, -0.1) is 0 Å². The van der Waals surface area contributed by atoms with Crippen LogP contribution in [0.25, 0.3) is 0 Å². The predicted molar refractivity (Wildman–Crippen MR) is 33.2 cm³/mol. The first-order valence-corrected chi connectivity index (χ1v) is 2.95. The molecule has 1 amide bonds. The summed E-state index contributed by atoms with van der Waals surface area (Å²) < 4.78 is 0. The first-order chi connectivity index (χ1) is 4.88. The molecule has 1 aliphatic heterocycles. The highest BCUT2D eigenvalue weighted by atomic mass is 16.2. The van der Waals surface area contributed by atoms with Crippen molar-refractivity contribution in [1.82, 2.24) is 15.3 Å². The molecule has 1 aromatic heterocycles. The van der Waals surface area contributed by atoms with Gasteiger partial charge in [0.05, 0.1) is 0 Å². The number of hydrogen-bond donors (Lipinski definition) is 1. The summed E-state index contributed by atoms with van der Waals surface area (Å²) in [6, 6.07) is 0. The summed E-state index contributed by atoms with van der Waals surface area (Å²) in [6.07, 6.45) is 3.03. The van der Waals surface area contributed by atoms with E-state index in [1.807, 2.05) is 0 Å². The summed E-state index contributed by atoms with van der Waals surface area (Å²) in [7, 11) is 0. The van der Waals surface area contributed by atoms with E-state index in [4.69, 9.17) is 0 Å². The van der Waals surface area contributed by atoms with Crippen LogP contribution in [-0.2, 0) is 6.54 Å². The number of carbonyl (C=O) groups is 1. The van der Waals surface area contributed by atoms with Crippen molar-refractivity contribution < 1.29 is 4.79 Å². The molecule has 1 aromatic rings. The number of nitrogens with zero attached hydrogens (tertiary/aromatic N) is 2. The third-order valence-corrected chi connectivity index (χ3v) is 1.44. The monoisotopic (exact) mass is 135 g/mol. The highest BCUT2D eigenvalue weighted by Crippen LogP contribution is 2.08. The Morgan fingerprint density at radius 3 is 3.30 bits per heavy atom. The molecule has 0 aromatic carbocycles. The molecule has 1 N–H and O–H groups in total. The van der Waals surface area contributed by atoms with Gasteiger partial charge in [0.25, 0.3) is 5.91 Å². The van der Waals surface area contributed by atoms with Crippen molar-refractivity contribution in [3.05, 3.63) is 23.8 Å². The van der Waals surface area contributed by atoms with Crippen molar-refractivity contribution in [3.8, 4) is 0 Å². The zero-order chi connectivity index (χ0) is 6.97. The van der Waals surface area contributed by atoms with Gasteiger partial charge in [-0.3, -0.25) is 4.79 Å². The van der Waals surface area contributed by atoms with E-state index in [2.05, 4.69) is 15.3 Å².